The number of H-pyrrole nitrogens is 1. The summed E-state index contributed by atoms with van der Waals surface area (Å²) in [7, 11) is 0.368. The maximum absolute atomic E-state index is 11.9. The van der Waals surface area contributed by atoms with Crippen molar-refractivity contribution in [3.8, 4) is 5.88 Å². The number of pyridine rings is 1. The second-order valence-electron chi connectivity index (χ2n) is 41.9. The van der Waals surface area contributed by atoms with Crippen molar-refractivity contribution in [2.45, 2.75) is 289 Å². The standard InChI is InChI=1S/C19H20ClN3OS.C19H19ClN2O3S.C19H22ClNO3S2.C17H20ClN3O2S.C17H22ClN3OS.C17H21ClN2O2S/c1-12-10-19(17-13(4-8-24-19)9-16(20)25-17)11-15(22-12)14-3-2-6-23-7-5-21-18(14)23;1-10-8-19(17-11(5-6-24-19)7-15(20)26-17)9-14(21-10)12-3-2-4-13-16(12)25-18(23)22-13;1-12-10-19(18-14(6-7-24-19)9-17(20)25-18)11-16(21-12)13-4-3-5-15(8-13)26(2,22)23;1-10-8-17(15-11(4-6-23-17)7-13(18)24-15)9-12(20-10)16-19-5-3-14(21-16)22-2;1-10-7-17(16-12(4-5-22-17)6-15(18)23-16)8-14(19-10)13-9-21(3)20-11(13)2;1-9-7-17(15-12(4-5-21-17)6-14(18)23-15)8-13(19-9)16-20-10(2)11(3)22-16/h2-3,5-7,9,12,15,22H,4,8,10-11H2,1H3;2-4,7,10,14,21H,5-6,8-9H2,1H3,(H,22,23);3-5,8-9,12,16,21H,6-7,10-11H2,1-2H3;3,5,7,10,12,20H,4,6,8-9H2,1-2H3;6,9-10,14,19H,4-5,7-8H2,1-3H3;6,9,13,19H,4-5,7-8H2,1-3H3. The molecule has 7 N–H and O–H groups in total. The molecule has 0 bridgehead atoms. The predicted molar refractivity (Wildman–Crippen MR) is 585 cm³/mol. The Bertz CT molecular complexity index is 7310. The molecule has 18 atom stereocenters. The monoisotopic (exact) mass is 2240 g/mol. The Balaban J connectivity index is 0.000000104. The van der Waals surface area contributed by atoms with E-state index in [0.29, 0.717) is 53.7 Å². The number of thiophene rings is 6. The Morgan fingerprint density at radius 3 is 1.22 bits per heavy atom. The number of sulfone groups is 1. The molecule has 14 aromatic rings. The van der Waals surface area contributed by atoms with Crippen molar-refractivity contribution in [1.82, 2.24) is 71.0 Å². The lowest BCUT2D eigenvalue weighted by atomic mass is 9.78. The molecular formula is C108H124Cl6N14O12S7. The quantitative estimate of drug-likeness (QED) is 0.0743. The van der Waals surface area contributed by atoms with E-state index in [1.165, 1.54) is 80.0 Å². The van der Waals surface area contributed by atoms with Crippen LogP contribution in [0.15, 0.2) is 147 Å². The van der Waals surface area contributed by atoms with Gasteiger partial charge in [-0.2, -0.15) is 10.1 Å². The number of rotatable bonds is 8. The molecule has 39 heteroatoms. The second-order valence-corrected chi connectivity index (χ2v) is 54.0. The van der Waals surface area contributed by atoms with Gasteiger partial charge in [0.05, 0.1) is 107 Å². The number of ether oxygens (including phenoxy) is 7. The van der Waals surface area contributed by atoms with Crippen LogP contribution in [-0.4, -0.2) is 137 Å². The Hall–Kier alpha value is -6.89. The van der Waals surface area contributed by atoms with E-state index in [2.05, 4.69) is 170 Å². The molecule has 782 valence electrons. The first-order valence-corrected chi connectivity index (χ1v) is 59.8. The van der Waals surface area contributed by atoms with E-state index in [9.17, 15) is 13.2 Å². The van der Waals surface area contributed by atoms with E-state index in [-0.39, 0.29) is 81.9 Å². The van der Waals surface area contributed by atoms with Gasteiger partial charge in [0.2, 0.25) is 11.8 Å². The molecule has 147 heavy (non-hydrogen) atoms. The lowest BCUT2D eigenvalue weighted by Gasteiger charge is -2.46. The van der Waals surface area contributed by atoms with Crippen molar-refractivity contribution in [3.05, 3.63) is 278 Å². The van der Waals surface area contributed by atoms with Gasteiger partial charge in [-0.25, -0.2) is 28.2 Å². The number of fused-ring (bicyclic) bond motifs is 14. The molecule has 24 heterocycles. The first-order chi connectivity index (χ1) is 70.5. The minimum Gasteiger partial charge on any atom is -0.481 e. The average molecular weight is 2250 g/mol. The van der Waals surface area contributed by atoms with Crippen LogP contribution in [0.5, 0.6) is 5.88 Å². The molecule has 2 aromatic carbocycles. The number of para-hydroxylation sites is 1. The lowest BCUT2D eigenvalue weighted by Crippen LogP contribution is -2.50. The van der Waals surface area contributed by atoms with Crippen LogP contribution < -0.4 is 42.4 Å². The van der Waals surface area contributed by atoms with E-state index < -0.39 is 15.6 Å². The average Bonchev–Trinajstić information content (AvgIpc) is 1.71. The van der Waals surface area contributed by atoms with Crippen LogP contribution in [0.1, 0.15) is 269 Å². The number of hydrogen-bond donors (Lipinski definition) is 7. The third-order valence-electron chi connectivity index (χ3n) is 30.9. The van der Waals surface area contributed by atoms with Gasteiger partial charge in [0.15, 0.2) is 15.4 Å². The zero-order valence-electron chi connectivity index (χ0n) is 84.2. The summed E-state index contributed by atoms with van der Waals surface area (Å²) in [6, 6.07) is 34.2. The molecule has 12 aliphatic heterocycles. The van der Waals surface area contributed by atoms with E-state index >= 15 is 0 Å². The first-order valence-electron chi connectivity index (χ1n) is 50.7. The predicted octanol–water partition coefficient (Wildman–Crippen LogP) is 24.0. The number of nitrogens with zero attached hydrogens (tertiary/aromatic N) is 7. The van der Waals surface area contributed by atoms with Crippen LogP contribution in [-0.2, 0) is 117 Å². The molecule has 6 saturated heterocycles. The largest absolute Gasteiger partial charge is 0.481 e. The van der Waals surface area contributed by atoms with Crippen molar-refractivity contribution in [1.29, 1.82) is 0 Å². The van der Waals surface area contributed by atoms with Gasteiger partial charge in [-0.15, -0.1) is 68.0 Å². The minimum absolute atomic E-state index is 0.0238. The summed E-state index contributed by atoms with van der Waals surface area (Å²) in [4.78, 5) is 40.6. The van der Waals surface area contributed by atoms with Crippen LogP contribution in [0.4, 0.5) is 0 Å². The third kappa shape index (κ3) is 22.0. The van der Waals surface area contributed by atoms with E-state index in [1.807, 2.05) is 74.5 Å². The van der Waals surface area contributed by atoms with Crippen LogP contribution >= 0.6 is 138 Å². The molecule has 6 fully saturated rings. The van der Waals surface area contributed by atoms with Crippen LogP contribution in [0, 0.1) is 20.8 Å². The molecule has 12 aliphatic rings. The van der Waals surface area contributed by atoms with Crippen molar-refractivity contribution in [3.63, 3.8) is 0 Å². The van der Waals surface area contributed by atoms with E-state index in [4.69, 9.17) is 112 Å². The molecule has 18 unspecified atom stereocenters. The number of imidazole rings is 1. The fourth-order valence-electron chi connectivity index (χ4n) is 25.2. The molecular weight excluding hydrogens is 2120 g/mol. The Labute approximate surface area is 910 Å². The maximum atomic E-state index is 11.9. The van der Waals surface area contributed by atoms with Gasteiger partial charge >= 0.3 is 5.76 Å². The van der Waals surface area contributed by atoms with Crippen LogP contribution in [0.2, 0.25) is 26.0 Å². The molecule has 26 nitrogen and oxygen atoms in total. The minimum atomic E-state index is -3.23. The number of oxazole rings is 2. The number of aryl methyl sites for hydroxylation is 4. The fourth-order valence-corrected chi connectivity index (χ4v) is 34.7. The number of methoxy groups -OCH3 is 1. The summed E-state index contributed by atoms with van der Waals surface area (Å²) < 4.78 is 87.8. The molecule has 12 aromatic heterocycles. The summed E-state index contributed by atoms with van der Waals surface area (Å²) in [5, 5.41) is 26.5. The Morgan fingerprint density at radius 1 is 0.422 bits per heavy atom. The smallest absolute Gasteiger partial charge is 0.417 e. The van der Waals surface area contributed by atoms with Crippen LogP contribution in [0.25, 0.3) is 16.7 Å². The number of hydrogen-bond acceptors (Lipinski definition) is 29. The fraction of sp³-hybridized carbons (Fsp3) is 0.500. The topological polar surface area (TPSA) is 304 Å². The van der Waals surface area contributed by atoms with Crippen molar-refractivity contribution in [2.24, 2.45) is 7.05 Å². The first kappa shape index (κ1) is 106. The SMILES string of the molecule is CC1CC2(CC(c3cccc(S(C)(=O)=O)c3)N1)OCCc1cc(Cl)sc12.CC1CC2(CC(c3cccc4[nH]c(=O)oc34)N1)OCCc1cc(Cl)sc12.CC1CC2(CC(c3cccn4ccnc34)N1)OCCc1cc(Cl)sc12.COc1ccnc(C2CC3(CC(C)N2)OCCc2cc(Cl)sc23)n1.Cc1nc(C2CC3(CC(C)N2)OCCc2cc(Cl)sc23)oc1C.Cc1nn(C)cc1C1CC2(CC(C)N1)OCCc1cc(Cl)sc12. The molecule has 0 saturated carbocycles. The number of aromatic nitrogens is 8. The van der Waals surface area contributed by atoms with Gasteiger partial charge in [-0.1, -0.05) is 99.9 Å². The van der Waals surface area contributed by atoms with Gasteiger partial charge in [0.1, 0.15) is 50.8 Å². The molecule has 0 amide bonds. The van der Waals surface area contributed by atoms with Gasteiger partial charge in [-0.05, 0) is 239 Å². The third-order valence-corrected chi connectivity index (χ3v) is 41.0. The normalized spacial score (nSPS) is 29.5. The summed E-state index contributed by atoms with van der Waals surface area (Å²) in [5.74, 6) is 2.56. The van der Waals surface area contributed by atoms with Gasteiger partial charge in [0, 0.05) is 195 Å². The zero-order chi connectivity index (χ0) is 103. The summed E-state index contributed by atoms with van der Waals surface area (Å²) in [5.41, 5.74) is 15.2. The van der Waals surface area contributed by atoms with E-state index in [0.717, 1.165) is 219 Å². The molecule has 0 radical (unpaired) electrons. The summed E-state index contributed by atoms with van der Waals surface area (Å²) in [6.45, 7) is 23.7. The van der Waals surface area contributed by atoms with Gasteiger partial charge < -0.3 is 78.3 Å². The number of aromatic amines is 1. The highest BCUT2D eigenvalue weighted by atomic mass is 35.5. The highest BCUT2D eigenvalue weighted by Gasteiger charge is 2.54. The zero-order valence-corrected chi connectivity index (χ0v) is 94.4. The van der Waals surface area contributed by atoms with Crippen LogP contribution in [0.3, 0.4) is 0 Å². The molecule has 6 spiro atoms. The second kappa shape index (κ2) is 43.1. The summed E-state index contributed by atoms with van der Waals surface area (Å²) >= 11 is 47.8. The number of piperidine rings is 6. The van der Waals surface area contributed by atoms with E-state index in [1.54, 1.807) is 99.5 Å². The number of halogens is 6. The lowest BCUT2D eigenvalue weighted by molar-refractivity contribution is -0.0975. The summed E-state index contributed by atoms with van der Waals surface area (Å²) in [6.07, 6.45) is 27.3. The van der Waals surface area contributed by atoms with Crippen molar-refractivity contribution >= 4 is 164 Å². The Morgan fingerprint density at radius 2 is 0.810 bits per heavy atom. The highest BCUT2D eigenvalue weighted by molar-refractivity contribution is 7.90. The van der Waals surface area contributed by atoms with Crippen molar-refractivity contribution in [2.75, 3.05) is 53.0 Å². The highest BCUT2D eigenvalue weighted by Crippen LogP contribution is 2.58. The molecule has 0 aliphatic carbocycles. The van der Waals surface area contributed by atoms with Gasteiger partial charge in [-0.3, -0.25) is 9.67 Å². The number of nitrogens with one attached hydrogen (secondary N) is 7. The van der Waals surface area contributed by atoms with Gasteiger partial charge in [0.25, 0.3) is 0 Å². The number of benzene rings is 2. The maximum Gasteiger partial charge on any atom is 0.417 e. The Kier molecular flexibility index (Phi) is 31.0. The van der Waals surface area contributed by atoms with Crippen molar-refractivity contribution < 1.29 is 50.4 Å². The molecule has 26 rings (SSSR count).